The van der Waals surface area contributed by atoms with Gasteiger partial charge in [0.15, 0.2) is 0 Å². The number of hydrogen-bond acceptors (Lipinski definition) is 0. The van der Waals surface area contributed by atoms with Gasteiger partial charge in [-0.25, -0.2) is 18.6 Å². The Balaban J connectivity index is -0.000000405. The Labute approximate surface area is 123 Å². The van der Waals surface area contributed by atoms with Crippen LogP contribution in [0.5, 0.6) is 0 Å². The van der Waals surface area contributed by atoms with Crippen LogP contribution in [-0.2, 0) is 0 Å². The molecular formula is C10H17BaCl. The van der Waals surface area contributed by atoms with E-state index < -0.39 is 0 Å². The number of allylic oxidation sites excluding steroid dienone is 4. The van der Waals surface area contributed by atoms with Gasteiger partial charge in [0.2, 0.25) is 0 Å². The van der Waals surface area contributed by atoms with Gasteiger partial charge in [0.1, 0.15) is 0 Å². The smallest absolute Gasteiger partial charge is 1.00 e. The minimum absolute atomic E-state index is 0. The molecule has 66 valence electrons. The number of rotatable bonds is 3. The van der Waals surface area contributed by atoms with Crippen LogP contribution >= 0.6 is 0 Å². The monoisotopic (exact) mass is 310 g/mol. The molecule has 0 aromatic heterocycles. The van der Waals surface area contributed by atoms with Gasteiger partial charge in [-0.3, -0.25) is 0 Å². The Morgan fingerprint density at radius 2 is 1.75 bits per heavy atom. The minimum atomic E-state index is 0. The van der Waals surface area contributed by atoms with E-state index in [9.17, 15) is 0 Å². The van der Waals surface area contributed by atoms with Crippen LogP contribution in [-0.4, -0.2) is 48.9 Å². The van der Waals surface area contributed by atoms with Crippen LogP contribution in [0.3, 0.4) is 0 Å². The molecule has 0 N–H and O–H groups in total. The van der Waals surface area contributed by atoms with Gasteiger partial charge in [0, 0.05) is 0 Å². The zero-order valence-electron chi connectivity index (χ0n) is 8.36. The van der Waals surface area contributed by atoms with E-state index >= 15 is 0 Å². The average molecular weight is 310 g/mol. The van der Waals surface area contributed by atoms with Crippen molar-refractivity contribution in [1.82, 2.24) is 0 Å². The summed E-state index contributed by atoms with van der Waals surface area (Å²) in [5.41, 5.74) is 2.77. The normalized spacial score (nSPS) is 9.42. The standard InChI is InChI=1S/C10H17.Ba.ClH/c1-5-10(4)8-6-7-9(2)3;;/h5,7H,1,6,8H2,2-4H3;;1H/q-1;+2;/p-1/b10-5+;;. The van der Waals surface area contributed by atoms with Crippen LogP contribution in [0.25, 0.3) is 0 Å². The van der Waals surface area contributed by atoms with Crippen LogP contribution < -0.4 is 12.4 Å². The van der Waals surface area contributed by atoms with Crippen molar-refractivity contribution in [1.29, 1.82) is 0 Å². The van der Waals surface area contributed by atoms with Gasteiger partial charge in [-0.15, -0.1) is 6.92 Å². The maximum absolute atomic E-state index is 3.70. The fraction of sp³-hybridized carbons (Fsp3) is 0.500. The third kappa shape index (κ3) is 13.8. The quantitative estimate of drug-likeness (QED) is 0.395. The Morgan fingerprint density at radius 1 is 1.25 bits per heavy atom. The molecule has 0 spiro atoms. The van der Waals surface area contributed by atoms with Crippen LogP contribution in [0.2, 0.25) is 0 Å². The maximum Gasteiger partial charge on any atom is 2.00 e. The van der Waals surface area contributed by atoms with Crippen molar-refractivity contribution in [3.8, 4) is 0 Å². The molecule has 0 saturated heterocycles. The summed E-state index contributed by atoms with van der Waals surface area (Å²) in [6.07, 6.45) is 6.49. The molecule has 2 heteroatoms. The van der Waals surface area contributed by atoms with E-state index in [1.165, 1.54) is 11.1 Å². The van der Waals surface area contributed by atoms with Crippen molar-refractivity contribution in [2.24, 2.45) is 0 Å². The summed E-state index contributed by atoms with van der Waals surface area (Å²) >= 11 is 0. The summed E-state index contributed by atoms with van der Waals surface area (Å²) in [5, 5.41) is 0. The molecule has 0 bridgehead atoms. The first kappa shape index (κ1) is 18.9. The summed E-state index contributed by atoms with van der Waals surface area (Å²) in [6.45, 7) is 10.1. The van der Waals surface area contributed by atoms with Gasteiger partial charge < -0.3 is 12.4 Å². The zero-order chi connectivity index (χ0) is 7.98. The number of hydrogen-bond donors (Lipinski definition) is 0. The second-order valence-corrected chi connectivity index (χ2v) is 2.87. The molecular weight excluding hydrogens is 293 g/mol. The Morgan fingerprint density at radius 3 is 2.08 bits per heavy atom. The van der Waals surface area contributed by atoms with Crippen LogP contribution in [0.1, 0.15) is 33.6 Å². The molecule has 12 heavy (non-hydrogen) atoms. The maximum atomic E-state index is 3.70. The molecule has 0 aromatic rings. The Hall–Kier alpha value is 1.21. The topological polar surface area (TPSA) is 0 Å². The van der Waals surface area contributed by atoms with E-state index in [-0.39, 0.29) is 61.3 Å². The van der Waals surface area contributed by atoms with Gasteiger partial charge >= 0.3 is 48.9 Å². The van der Waals surface area contributed by atoms with Crippen LogP contribution in [0, 0.1) is 6.92 Å². The Kier molecular flexibility index (Phi) is 19.2. The third-order valence-electron chi connectivity index (χ3n) is 1.44. The van der Waals surface area contributed by atoms with Crippen molar-refractivity contribution in [2.45, 2.75) is 33.6 Å². The largest absolute Gasteiger partial charge is 2.00 e. The zero-order valence-corrected chi connectivity index (χ0v) is 13.6. The van der Waals surface area contributed by atoms with Crippen LogP contribution in [0.15, 0.2) is 23.3 Å². The molecule has 0 fully saturated rings. The SMILES string of the molecule is [Ba+2].[CH2-]/C=C(\C)CCC=C(C)C.[Cl-]. The molecule has 0 unspecified atom stereocenters. The second kappa shape index (κ2) is 12.2. The van der Waals surface area contributed by atoms with Crippen LogP contribution in [0.4, 0.5) is 0 Å². The molecule has 0 saturated carbocycles. The fourth-order valence-electron chi connectivity index (χ4n) is 0.691. The first-order chi connectivity index (χ1) is 4.66. The molecule has 0 aromatic carbocycles. The first-order valence-corrected chi connectivity index (χ1v) is 3.75. The van der Waals surface area contributed by atoms with Gasteiger partial charge in [0.05, 0.1) is 0 Å². The van der Waals surface area contributed by atoms with E-state index in [4.69, 9.17) is 0 Å². The van der Waals surface area contributed by atoms with Crippen molar-refractivity contribution >= 4 is 48.9 Å². The van der Waals surface area contributed by atoms with Crippen molar-refractivity contribution in [3.05, 3.63) is 30.2 Å². The fourth-order valence-corrected chi connectivity index (χ4v) is 0.691. The van der Waals surface area contributed by atoms with E-state index in [0.29, 0.717) is 0 Å². The summed E-state index contributed by atoms with van der Waals surface area (Å²) in [4.78, 5) is 0. The second-order valence-electron chi connectivity index (χ2n) is 2.87. The summed E-state index contributed by atoms with van der Waals surface area (Å²) < 4.78 is 0. The Bertz CT molecular complexity index is 144. The molecule has 0 amide bonds. The molecule has 0 aliphatic carbocycles. The van der Waals surface area contributed by atoms with Crippen molar-refractivity contribution in [3.63, 3.8) is 0 Å². The first-order valence-electron chi connectivity index (χ1n) is 3.75. The summed E-state index contributed by atoms with van der Waals surface area (Å²) in [6, 6.07) is 0. The van der Waals surface area contributed by atoms with E-state index in [0.717, 1.165) is 12.8 Å². The molecule has 0 heterocycles. The van der Waals surface area contributed by atoms with E-state index in [1.807, 2.05) is 6.08 Å². The van der Waals surface area contributed by atoms with Gasteiger partial charge in [-0.2, -0.15) is 0 Å². The number of halogens is 1. The minimum Gasteiger partial charge on any atom is -1.00 e. The average Bonchev–Trinajstić information content (AvgIpc) is 1.87. The molecule has 0 aliphatic rings. The molecule has 0 nitrogen and oxygen atoms in total. The van der Waals surface area contributed by atoms with Crippen molar-refractivity contribution < 1.29 is 12.4 Å². The van der Waals surface area contributed by atoms with Crippen molar-refractivity contribution in [2.75, 3.05) is 0 Å². The summed E-state index contributed by atoms with van der Waals surface area (Å²) in [5.74, 6) is 0. The molecule has 0 atom stereocenters. The molecule has 0 radical (unpaired) electrons. The van der Waals surface area contributed by atoms with Gasteiger partial charge in [-0.05, 0) is 20.3 Å². The predicted octanol–water partition coefficient (Wildman–Crippen LogP) is 0.136. The third-order valence-corrected chi connectivity index (χ3v) is 1.44. The van der Waals surface area contributed by atoms with Gasteiger partial charge in [0.25, 0.3) is 0 Å². The summed E-state index contributed by atoms with van der Waals surface area (Å²) in [7, 11) is 0. The van der Waals surface area contributed by atoms with Gasteiger partial charge in [-0.1, -0.05) is 18.1 Å². The van der Waals surface area contributed by atoms with E-state index in [1.54, 1.807) is 0 Å². The van der Waals surface area contributed by atoms with E-state index in [2.05, 4.69) is 33.8 Å². The molecule has 0 aliphatic heterocycles. The molecule has 0 rings (SSSR count). The predicted molar refractivity (Wildman–Crippen MR) is 53.5 cm³/mol.